The van der Waals surface area contributed by atoms with Gasteiger partial charge in [0.2, 0.25) is 0 Å². The Hall–Kier alpha value is -0.860. The average Bonchev–Trinajstić information content (AvgIpc) is 2.68. The van der Waals surface area contributed by atoms with Crippen LogP contribution in [0.1, 0.15) is 31.1 Å². The van der Waals surface area contributed by atoms with Gasteiger partial charge in [0.25, 0.3) is 0 Å². The predicted molar refractivity (Wildman–Crippen MR) is 75.1 cm³/mol. The Morgan fingerprint density at radius 3 is 2.50 bits per heavy atom. The molecule has 3 unspecified atom stereocenters. The summed E-state index contributed by atoms with van der Waals surface area (Å²) in [6.07, 6.45) is 0. The van der Waals surface area contributed by atoms with Crippen LogP contribution in [0.2, 0.25) is 5.02 Å². The number of hydrogen-bond donors (Lipinski definition) is 0. The van der Waals surface area contributed by atoms with Gasteiger partial charge < -0.3 is 0 Å². The molecule has 1 saturated heterocycles. The molecule has 0 amide bonds. The highest BCUT2D eigenvalue weighted by Gasteiger charge is 2.32. The third kappa shape index (κ3) is 2.76. The fraction of sp³-hybridized carbons (Fsp3) is 0.533. The van der Waals surface area contributed by atoms with Crippen LogP contribution in [0.15, 0.2) is 24.3 Å². The SMILES string of the molecule is CC1CN(C(C)C(=O)c2cccc(Cl)c2)CC1C. The third-order valence-corrected chi connectivity index (χ3v) is 4.29. The Labute approximate surface area is 114 Å². The molecule has 2 rings (SSSR count). The summed E-state index contributed by atoms with van der Waals surface area (Å²) in [5.41, 5.74) is 0.710. The second kappa shape index (κ2) is 5.41. The first kappa shape index (κ1) is 13.6. The van der Waals surface area contributed by atoms with Crippen molar-refractivity contribution in [3.05, 3.63) is 34.9 Å². The van der Waals surface area contributed by atoms with E-state index in [-0.39, 0.29) is 11.8 Å². The van der Waals surface area contributed by atoms with Crippen molar-refractivity contribution in [3.8, 4) is 0 Å². The largest absolute Gasteiger partial charge is 0.293 e. The predicted octanol–water partition coefficient (Wildman–Crippen LogP) is 3.50. The Morgan fingerprint density at radius 2 is 1.94 bits per heavy atom. The van der Waals surface area contributed by atoms with E-state index in [0.717, 1.165) is 13.1 Å². The van der Waals surface area contributed by atoms with Gasteiger partial charge in [-0.15, -0.1) is 0 Å². The van der Waals surface area contributed by atoms with E-state index >= 15 is 0 Å². The van der Waals surface area contributed by atoms with E-state index in [2.05, 4.69) is 18.7 Å². The van der Waals surface area contributed by atoms with Gasteiger partial charge >= 0.3 is 0 Å². The minimum atomic E-state index is -0.0594. The summed E-state index contributed by atoms with van der Waals surface area (Å²) in [5.74, 6) is 1.50. The number of carbonyl (C=O) groups excluding carboxylic acids is 1. The lowest BCUT2D eigenvalue weighted by molar-refractivity contribution is 0.0861. The number of likely N-dealkylation sites (tertiary alicyclic amines) is 1. The molecule has 1 fully saturated rings. The van der Waals surface area contributed by atoms with Crippen LogP contribution < -0.4 is 0 Å². The summed E-state index contributed by atoms with van der Waals surface area (Å²) in [5, 5.41) is 0.621. The van der Waals surface area contributed by atoms with Crippen LogP contribution >= 0.6 is 11.6 Å². The van der Waals surface area contributed by atoms with Crippen molar-refractivity contribution in [2.24, 2.45) is 11.8 Å². The van der Waals surface area contributed by atoms with Gasteiger partial charge in [-0.05, 0) is 30.9 Å². The topological polar surface area (TPSA) is 20.3 Å². The Kier molecular flexibility index (Phi) is 4.08. The van der Waals surface area contributed by atoms with Crippen LogP contribution in [-0.4, -0.2) is 29.8 Å². The fourth-order valence-corrected chi connectivity index (χ4v) is 2.73. The number of Topliss-reactive ketones (excluding diaryl/α,β-unsaturated/α-hetero) is 1. The van der Waals surface area contributed by atoms with Crippen LogP contribution in [0, 0.1) is 11.8 Å². The highest BCUT2D eigenvalue weighted by atomic mass is 35.5. The molecule has 3 heteroatoms. The summed E-state index contributed by atoms with van der Waals surface area (Å²) in [4.78, 5) is 14.7. The van der Waals surface area contributed by atoms with Gasteiger partial charge in [-0.25, -0.2) is 0 Å². The zero-order valence-corrected chi connectivity index (χ0v) is 11.9. The van der Waals surface area contributed by atoms with Crippen molar-refractivity contribution in [3.63, 3.8) is 0 Å². The van der Waals surface area contributed by atoms with Gasteiger partial charge in [-0.3, -0.25) is 9.69 Å². The van der Waals surface area contributed by atoms with Crippen LogP contribution in [0.25, 0.3) is 0 Å². The van der Waals surface area contributed by atoms with Crippen molar-refractivity contribution in [1.29, 1.82) is 0 Å². The number of rotatable bonds is 3. The van der Waals surface area contributed by atoms with Gasteiger partial charge in [-0.1, -0.05) is 37.6 Å². The van der Waals surface area contributed by atoms with Crippen LogP contribution in [0.4, 0.5) is 0 Å². The Bertz CT molecular complexity index is 436. The van der Waals surface area contributed by atoms with E-state index in [1.165, 1.54) is 0 Å². The molecule has 18 heavy (non-hydrogen) atoms. The Balaban J connectivity index is 2.10. The number of carbonyl (C=O) groups is 1. The highest BCUT2D eigenvalue weighted by molar-refractivity contribution is 6.31. The average molecular weight is 266 g/mol. The normalized spacial score (nSPS) is 26.2. The van der Waals surface area contributed by atoms with Crippen molar-refractivity contribution in [2.45, 2.75) is 26.8 Å². The summed E-state index contributed by atoms with van der Waals surface area (Å²) in [6.45, 7) is 8.51. The number of ketones is 1. The maximum absolute atomic E-state index is 12.4. The molecule has 1 aliphatic heterocycles. The molecule has 0 aliphatic carbocycles. The number of halogens is 1. The van der Waals surface area contributed by atoms with E-state index in [4.69, 9.17) is 11.6 Å². The molecule has 0 radical (unpaired) electrons. The summed E-state index contributed by atoms with van der Waals surface area (Å²) >= 11 is 5.93. The van der Waals surface area contributed by atoms with Crippen molar-refractivity contribution in [2.75, 3.05) is 13.1 Å². The lowest BCUT2D eigenvalue weighted by atomic mass is 10.0. The molecule has 1 aromatic carbocycles. The highest BCUT2D eigenvalue weighted by Crippen LogP contribution is 2.25. The van der Waals surface area contributed by atoms with E-state index in [0.29, 0.717) is 22.4 Å². The Morgan fingerprint density at radius 1 is 1.33 bits per heavy atom. The van der Waals surface area contributed by atoms with Gasteiger partial charge in [0.1, 0.15) is 0 Å². The summed E-state index contributed by atoms with van der Waals surface area (Å²) in [7, 11) is 0. The minimum Gasteiger partial charge on any atom is -0.293 e. The smallest absolute Gasteiger partial charge is 0.179 e. The monoisotopic (exact) mass is 265 g/mol. The first-order valence-electron chi connectivity index (χ1n) is 6.53. The quantitative estimate of drug-likeness (QED) is 0.780. The molecule has 3 atom stereocenters. The molecule has 0 aromatic heterocycles. The molecule has 2 nitrogen and oxygen atoms in total. The van der Waals surface area contributed by atoms with Gasteiger partial charge in [-0.2, -0.15) is 0 Å². The van der Waals surface area contributed by atoms with Gasteiger partial charge in [0, 0.05) is 23.7 Å². The van der Waals surface area contributed by atoms with Crippen molar-refractivity contribution in [1.82, 2.24) is 4.90 Å². The molecular formula is C15H20ClNO. The molecular weight excluding hydrogens is 246 g/mol. The summed E-state index contributed by atoms with van der Waals surface area (Å²) in [6, 6.07) is 7.16. The molecule has 98 valence electrons. The maximum Gasteiger partial charge on any atom is 0.179 e. The van der Waals surface area contributed by atoms with E-state index in [9.17, 15) is 4.79 Å². The first-order valence-corrected chi connectivity index (χ1v) is 6.90. The molecule has 0 bridgehead atoms. The van der Waals surface area contributed by atoms with E-state index in [1.54, 1.807) is 12.1 Å². The molecule has 1 aliphatic rings. The van der Waals surface area contributed by atoms with Crippen LogP contribution in [0.5, 0.6) is 0 Å². The second-order valence-corrected chi connectivity index (χ2v) is 5.90. The number of benzene rings is 1. The molecule has 1 aromatic rings. The van der Waals surface area contributed by atoms with Gasteiger partial charge in [0.15, 0.2) is 5.78 Å². The lowest BCUT2D eigenvalue weighted by Crippen LogP contribution is -2.37. The second-order valence-electron chi connectivity index (χ2n) is 5.46. The third-order valence-electron chi connectivity index (χ3n) is 4.05. The van der Waals surface area contributed by atoms with Crippen LogP contribution in [-0.2, 0) is 0 Å². The summed E-state index contributed by atoms with van der Waals surface area (Å²) < 4.78 is 0. The zero-order valence-electron chi connectivity index (χ0n) is 11.2. The zero-order chi connectivity index (χ0) is 13.3. The van der Waals surface area contributed by atoms with Crippen molar-refractivity contribution >= 4 is 17.4 Å². The van der Waals surface area contributed by atoms with E-state index < -0.39 is 0 Å². The molecule has 0 saturated carbocycles. The fourth-order valence-electron chi connectivity index (χ4n) is 2.54. The lowest BCUT2D eigenvalue weighted by Gasteiger charge is -2.23. The van der Waals surface area contributed by atoms with Crippen LogP contribution in [0.3, 0.4) is 0 Å². The molecule has 0 spiro atoms. The minimum absolute atomic E-state index is 0.0594. The number of nitrogens with zero attached hydrogens (tertiary/aromatic N) is 1. The number of hydrogen-bond acceptors (Lipinski definition) is 2. The maximum atomic E-state index is 12.4. The molecule has 1 heterocycles. The van der Waals surface area contributed by atoms with Gasteiger partial charge in [0.05, 0.1) is 6.04 Å². The first-order chi connectivity index (χ1) is 8.49. The standard InChI is InChI=1S/C15H20ClNO/c1-10-8-17(9-11(10)2)12(3)15(18)13-5-4-6-14(16)7-13/h4-7,10-12H,8-9H2,1-3H3. The van der Waals surface area contributed by atoms with Crippen molar-refractivity contribution < 1.29 is 4.79 Å². The molecule has 0 N–H and O–H groups in total. The van der Waals surface area contributed by atoms with E-state index in [1.807, 2.05) is 19.1 Å².